The molecule has 0 aromatic heterocycles. The van der Waals surface area contributed by atoms with E-state index >= 15 is 0 Å². The Hall–Kier alpha value is -2.69. The van der Waals surface area contributed by atoms with E-state index in [0.29, 0.717) is 0 Å². The highest BCUT2D eigenvalue weighted by molar-refractivity contribution is 5.97. The molecular weight excluding hydrogens is 268 g/mol. The summed E-state index contributed by atoms with van der Waals surface area (Å²) >= 11 is 0. The molecule has 3 rings (SSSR count). The van der Waals surface area contributed by atoms with Gasteiger partial charge in [-0.15, -0.1) is 0 Å². The molecule has 5 nitrogen and oxygen atoms in total. The normalized spacial score (nSPS) is 19.8. The standard InChI is InChI=1S/C16H14N2O3/c19-16(13-10-12(13)11-6-2-1-3-7-11)17-14-8-4-5-9-15(14)18(20)21/h1-9,12-13H,10H2,(H,17,19)/t12-,13-/m0/s1. The molecule has 1 N–H and O–H groups in total. The third kappa shape index (κ3) is 2.76. The van der Waals surface area contributed by atoms with E-state index in [9.17, 15) is 14.9 Å². The number of anilines is 1. The van der Waals surface area contributed by atoms with Crippen LogP contribution in [0.3, 0.4) is 0 Å². The van der Waals surface area contributed by atoms with Crippen LogP contribution in [-0.2, 0) is 4.79 Å². The summed E-state index contributed by atoms with van der Waals surface area (Å²) < 4.78 is 0. The summed E-state index contributed by atoms with van der Waals surface area (Å²) in [6.07, 6.45) is 0.788. The number of nitro benzene ring substituents is 1. The Kier molecular flexibility index (Phi) is 3.39. The number of para-hydroxylation sites is 2. The number of hydrogen-bond acceptors (Lipinski definition) is 3. The Morgan fingerprint density at radius 3 is 2.48 bits per heavy atom. The first-order valence-electron chi connectivity index (χ1n) is 6.76. The van der Waals surface area contributed by atoms with E-state index in [1.54, 1.807) is 18.2 Å². The van der Waals surface area contributed by atoms with Crippen LogP contribution in [-0.4, -0.2) is 10.8 Å². The fourth-order valence-electron chi connectivity index (χ4n) is 2.52. The Morgan fingerprint density at radius 1 is 1.10 bits per heavy atom. The van der Waals surface area contributed by atoms with E-state index in [0.717, 1.165) is 12.0 Å². The molecule has 1 saturated carbocycles. The molecule has 0 heterocycles. The van der Waals surface area contributed by atoms with E-state index in [1.807, 2.05) is 30.3 Å². The predicted octanol–water partition coefficient (Wildman–Crippen LogP) is 3.34. The first-order valence-corrected chi connectivity index (χ1v) is 6.76. The lowest BCUT2D eigenvalue weighted by molar-refractivity contribution is -0.383. The van der Waals surface area contributed by atoms with Crippen molar-refractivity contribution >= 4 is 17.3 Å². The van der Waals surface area contributed by atoms with Crippen molar-refractivity contribution in [2.45, 2.75) is 12.3 Å². The van der Waals surface area contributed by atoms with Gasteiger partial charge in [-0.2, -0.15) is 0 Å². The second kappa shape index (κ2) is 5.36. The topological polar surface area (TPSA) is 72.2 Å². The second-order valence-electron chi connectivity index (χ2n) is 5.12. The fraction of sp³-hybridized carbons (Fsp3) is 0.188. The van der Waals surface area contributed by atoms with Crippen LogP contribution in [0.25, 0.3) is 0 Å². The molecule has 0 bridgehead atoms. The van der Waals surface area contributed by atoms with Gasteiger partial charge in [0.15, 0.2) is 0 Å². The minimum Gasteiger partial charge on any atom is -0.320 e. The van der Waals surface area contributed by atoms with Crippen LogP contribution < -0.4 is 5.32 Å². The summed E-state index contributed by atoms with van der Waals surface area (Å²) in [5.41, 5.74) is 1.31. The van der Waals surface area contributed by atoms with Gasteiger partial charge in [-0.3, -0.25) is 14.9 Å². The van der Waals surface area contributed by atoms with Crippen molar-refractivity contribution in [1.82, 2.24) is 0 Å². The molecule has 1 fully saturated rings. The van der Waals surface area contributed by atoms with Crippen LogP contribution in [0.2, 0.25) is 0 Å². The molecule has 0 aliphatic heterocycles. The average Bonchev–Trinajstić information content (AvgIpc) is 3.29. The van der Waals surface area contributed by atoms with Crippen molar-refractivity contribution in [1.29, 1.82) is 0 Å². The number of amides is 1. The van der Waals surface area contributed by atoms with Gasteiger partial charge in [0.25, 0.3) is 5.69 Å². The molecule has 2 aromatic carbocycles. The van der Waals surface area contributed by atoms with Gasteiger partial charge in [0.1, 0.15) is 5.69 Å². The molecule has 1 aliphatic rings. The van der Waals surface area contributed by atoms with E-state index in [1.165, 1.54) is 6.07 Å². The largest absolute Gasteiger partial charge is 0.320 e. The highest BCUT2D eigenvalue weighted by atomic mass is 16.6. The smallest absolute Gasteiger partial charge is 0.292 e. The molecule has 0 radical (unpaired) electrons. The molecule has 106 valence electrons. The van der Waals surface area contributed by atoms with Gasteiger partial charge in [0, 0.05) is 12.0 Å². The predicted molar refractivity (Wildman–Crippen MR) is 79.0 cm³/mol. The minimum absolute atomic E-state index is 0.0808. The zero-order chi connectivity index (χ0) is 14.8. The first kappa shape index (κ1) is 13.3. The highest BCUT2D eigenvalue weighted by Gasteiger charge is 2.44. The van der Waals surface area contributed by atoms with Crippen LogP contribution in [0.5, 0.6) is 0 Å². The van der Waals surface area contributed by atoms with Crippen LogP contribution in [0.15, 0.2) is 54.6 Å². The maximum Gasteiger partial charge on any atom is 0.292 e. The maximum atomic E-state index is 12.2. The number of nitrogens with one attached hydrogen (secondary N) is 1. The Balaban J connectivity index is 1.70. The molecule has 0 unspecified atom stereocenters. The van der Waals surface area contributed by atoms with Crippen LogP contribution in [0, 0.1) is 16.0 Å². The lowest BCUT2D eigenvalue weighted by Gasteiger charge is -2.05. The number of benzene rings is 2. The number of carbonyl (C=O) groups is 1. The van der Waals surface area contributed by atoms with Crippen molar-refractivity contribution in [3.63, 3.8) is 0 Å². The number of rotatable bonds is 4. The highest BCUT2D eigenvalue weighted by Crippen LogP contribution is 2.48. The minimum atomic E-state index is -0.489. The fourth-order valence-corrected chi connectivity index (χ4v) is 2.52. The lowest BCUT2D eigenvalue weighted by atomic mass is 10.1. The Labute approximate surface area is 121 Å². The van der Waals surface area contributed by atoms with E-state index in [2.05, 4.69) is 5.32 Å². The van der Waals surface area contributed by atoms with E-state index in [4.69, 9.17) is 0 Å². The number of nitrogens with zero attached hydrogens (tertiary/aromatic N) is 1. The van der Waals surface area contributed by atoms with Crippen molar-refractivity contribution in [2.24, 2.45) is 5.92 Å². The van der Waals surface area contributed by atoms with Gasteiger partial charge in [-0.05, 0) is 24.0 Å². The van der Waals surface area contributed by atoms with Crippen LogP contribution >= 0.6 is 0 Å². The SMILES string of the molecule is O=C(Nc1ccccc1[N+](=O)[O-])[C@H]1C[C@H]1c1ccccc1. The average molecular weight is 282 g/mol. The third-order valence-corrected chi connectivity index (χ3v) is 3.71. The quantitative estimate of drug-likeness (QED) is 0.690. The Morgan fingerprint density at radius 2 is 1.76 bits per heavy atom. The molecule has 0 spiro atoms. The van der Waals surface area contributed by atoms with Crippen LogP contribution in [0.1, 0.15) is 17.9 Å². The molecule has 1 amide bonds. The van der Waals surface area contributed by atoms with Crippen molar-refractivity contribution in [2.75, 3.05) is 5.32 Å². The molecule has 1 aliphatic carbocycles. The van der Waals surface area contributed by atoms with Gasteiger partial charge in [-0.1, -0.05) is 42.5 Å². The lowest BCUT2D eigenvalue weighted by Crippen LogP contribution is -2.15. The maximum absolute atomic E-state index is 12.2. The molecule has 0 saturated heterocycles. The molecule has 5 heteroatoms. The summed E-state index contributed by atoms with van der Waals surface area (Å²) in [5.74, 6) is -0.0423. The first-order chi connectivity index (χ1) is 10.2. The summed E-state index contributed by atoms with van der Waals surface area (Å²) in [7, 11) is 0. The number of hydrogen-bond donors (Lipinski definition) is 1. The van der Waals surface area contributed by atoms with Gasteiger partial charge in [-0.25, -0.2) is 0 Å². The van der Waals surface area contributed by atoms with E-state index < -0.39 is 4.92 Å². The number of carbonyl (C=O) groups excluding carboxylic acids is 1. The molecule has 2 aromatic rings. The van der Waals surface area contributed by atoms with Gasteiger partial charge < -0.3 is 5.32 Å². The Bertz CT molecular complexity index is 685. The number of nitro groups is 1. The van der Waals surface area contributed by atoms with Crippen molar-refractivity contribution in [3.05, 3.63) is 70.3 Å². The summed E-state index contributed by atoms with van der Waals surface area (Å²) in [6, 6.07) is 16.0. The summed E-state index contributed by atoms with van der Waals surface area (Å²) in [5, 5.41) is 13.6. The molecule has 21 heavy (non-hydrogen) atoms. The van der Waals surface area contributed by atoms with Gasteiger partial charge in [0.2, 0.25) is 5.91 Å². The van der Waals surface area contributed by atoms with Gasteiger partial charge in [0.05, 0.1) is 4.92 Å². The molecule has 2 atom stereocenters. The van der Waals surface area contributed by atoms with Crippen molar-refractivity contribution < 1.29 is 9.72 Å². The summed E-state index contributed by atoms with van der Waals surface area (Å²) in [6.45, 7) is 0. The zero-order valence-electron chi connectivity index (χ0n) is 11.2. The third-order valence-electron chi connectivity index (χ3n) is 3.71. The second-order valence-corrected chi connectivity index (χ2v) is 5.12. The van der Waals surface area contributed by atoms with Gasteiger partial charge >= 0.3 is 0 Å². The summed E-state index contributed by atoms with van der Waals surface area (Å²) in [4.78, 5) is 22.6. The van der Waals surface area contributed by atoms with Crippen LogP contribution in [0.4, 0.5) is 11.4 Å². The zero-order valence-corrected chi connectivity index (χ0v) is 11.2. The van der Waals surface area contributed by atoms with E-state index in [-0.39, 0.29) is 29.1 Å². The monoisotopic (exact) mass is 282 g/mol. The van der Waals surface area contributed by atoms with Crippen molar-refractivity contribution in [3.8, 4) is 0 Å². The molecular formula is C16H14N2O3.